The van der Waals surface area contributed by atoms with E-state index in [0.717, 1.165) is 60.7 Å². The molecule has 0 bridgehead atoms. The summed E-state index contributed by atoms with van der Waals surface area (Å²) in [5.74, 6) is -0.0615. The van der Waals surface area contributed by atoms with Gasteiger partial charge in [0.15, 0.2) is 0 Å². The lowest BCUT2D eigenvalue weighted by Crippen LogP contribution is -2.49. The van der Waals surface area contributed by atoms with Crippen LogP contribution >= 0.6 is 0 Å². The highest BCUT2D eigenvalue weighted by molar-refractivity contribution is 5.81. The Morgan fingerprint density at radius 3 is 2.55 bits per heavy atom. The average Bonchev–Trinajstić information content (AvgIpc) is 3.39. The van der Waals surface area contributed by atoms with Crippen LogP contribution in [0.15, 0.2) is 67.1 Å². The first-order valence-corrected chi connectivity index (χ1v) is 13.2. The number of rotatable bonds is 8. The lowest BCUT2D eigenvalue weighted by atomic mass is 10.0. The topological polar surface area (TPSA) is 105 Å². The molecule has 4 heterocycles. The highest BCUT2D eigenvalue weighted by Gasteiger charge is 2.29. The molecule has 1 saturated heterocycles. The molecular formula is C29H35N7O2. The summed E-state index contributed by atoms with van der Waals surface area (Å²) in [7, 11) is 0. The molecule has 0 unspecified atom stereocenters. The Bertz CT molecular complexity index is 1260. The molecule has 0 radical (unpaired) electrons. The van der Waals surface area contributed by atoms with Crippen molar-refractivity contribution in [2.24, 2.45) is 0 Å². The van der Waals surface area contributed by atoms with Crippen LogP contribution in [0.25, 0.3) is 17.0 Å². The number of urea groups is 1. The molecular weight excluding hydrogens is 478 g/mol. The number of carbonyl (C=O) groups excluding carboxylic acids is 2. The van der Waals surface area contributed by atoms with Crippen LogP contribution in [0.1, 0.15) is 36.6 Å². The van der Waals surface area contributed by atoms with Crippen molar-refractivity contribution in [3.05, 3.63) is 83.9 Å². The number of pyridine rings is 1. The third-order valence-electron chi connectivity index (χ3n) is 7.06. The first-order valence-electron chi connectivity index (χ1n) is 13.2. The number of nitrogens with zero attached hydrogens (tertiary/aromatic N) is 3. The maximum Gasteiger partial charge on any atom is 0.324 e. The predicted molar refractivity (Wildman–Crippen MR) is 148 cm³/mol. The number of hydrogen-bond donors (Lipinski definition) is 4. The Labute approximate surface area is 223 Å². The van der Waals surface area contributed by atoms with Crippen LogP contribution < -0.4 is 16.0 Å². The molecule has 38 heavy (non-hydrogen) atoms. The molecule has 9 nitrogen and oxygen atoms in total. The van der Waals surface area contributed by atoms with E-state index in [4.69, 9.17) is 0 Å². The van der Waals surface area contributed by atoms with E-state index in [0.29, 0.717) is 25.7 Å². The number of aromatic nitrogens is 2. The highest BCUT2D eigenvalue weighted by Crippen LogP contribution is 2.31. The van der Waals surface area contributed by atoms with Crippen LogP contribution in [-0.2, 0) is 17.9 Å². The number of carbonyl (C=O) groups is 2. The van der Waals surface area contributed by atoms with Crippen LogP contribution in [-0.4, -0.2) is 63.9 Å². The zero-order valence-corrected chi connectivity index (χ0v) is 21.7. The summed E-state index contributed by atoms with van der Waals surface area (Å²) in [5, 5.41) is 9.86. The SMILES string of the molecule is CC(=O)NCCNC1=CN(C(=O)N2CCC(NCc3ccncc3)CC2)Cc2[nH]c(-c3ccccc3)cc21. The van der Waals surface area contributed by atoms with Gasteiger partial charge in [-0.3, -0.25) is 14.7 Å². The van der Waals surface area contributed by atoms with E-state index in [1.807, 2.05) is 53.8 Å². The lowest BCUT2D eigenvalue weighted by Gasteiger charge is -2.36. The summed E-state index contributed by atoms with van der Waals surface area (Å²) >= 11 is 0. The van der Waals surface area contributed by atoms with E-state index < -0.39 is 0 Å². The minimum atomic E-state index is -0.0615. The molecule has 4 N–H and O–H groups in total. The van der Waals surface area contributed by atoms with Gasteiger partial charge in [-0.05, 0) is 42.2 Å². The van der Waals surface area contributed by atoms with Crippen LogP contribution in [0, 0.1) is 0 Å². The number of hydrogen-bond acceptors (Lipinski definition) is 5. The van der Waals surface area contributed by atoms with Crippen LogP contribution in [0.4, 0.5) is 4.79 Å². The molecule has 2 aromatic heterocycles. The summed E-state index contributed by atoms with van der Waals surface area (Å²) in [6.45, 7) is 5.30. The van der Waals surface area contributed by atoms with Crippen LogP contribution in [0.2, 0.25) is 0 Å². The molecule has 3 aromatic rings. The van der Waals surface area contributed by atoms with Gasteiger partial charge >= 0.3 is 6.03 Å². The monoisotopic (exact) mass is 513 g/mol. The maximum atomic E-state index is 13.6. The van der Waals surface area contributed by atoms with E-state index in [2.05, 4.69) is 44.1 Å². The van der Waals surface area contributed by atoms with E-state index in [1.165, 1.54) is 12.5 Å². The van der Waals surface area contributed by atoms with Crippen LogP contribution in [0.3, 0.4) is 0 Å². The molecule has 0 spiro atoms. The van der Waals surface area contributed by atoms with E-state index in [-0.39, 0.29) is 11.9 Å². The molecule has 198 valence electrons. The average molecular weight is 514 g/mol. The minimum absolute atomic E-state index is 0.0141. The molecule has 2 aliphatic rings. The Kier molecular flexibility index (Phi) is 8.04. The van der Waals surface area contributed by atoms with Gasteiger partial charge in [-0.1, -0.05) is 30.3 Å². The second-order valence-corrected chi connectivity index (χ2v) is 9.80. The fourth-order valence-corrected chi connectivity index (χ4v) is 5.00. The van der Waals surface area contributed by atoms with Gasteiger partial charge in [-0.2, -0.15) is 0 Å². The minimum Gasteiger partial charge on any atom is -0.382 e. The van der Waals surface area contributed by atoms with E-state index in [9.17, 15) is 9.59 Å². The van der Waals surface area contributed by atoms with Crippen molar-refractivity contribution < 1.29 is 9.59 Å². The Morgan fingerprint density at radius 2 is 1.82 bits per heavy atom. The van der Waals surface area contributed by atoms with Crippen molar-refractivity contribution in [1.29, 1.82) is 0 Å². The number of aromatic amines is 1. The summed E-state index contributed by atoms with van der Waals surface area (Å²) in [4.78, 5) is 36.2. The Morgan fingerprint density at radius 1 is 1.05 bits per heavy atom. The molecule has 0 atom stereocenters. The first-order chi connectivity index (χ1) is 18.6. The summed E-state index contributed by atoms with van der Waals surface area (Å²) in [6, 6.07) is 16.7. The Hall–Kier alpha value is -4.11. The predicted octanol–water partition coefficient (Wildman–Crippen LogP) is 3.29. The zero-order valence-electron chi connectivity index (χ0n) is 21.7. The second-order valence-electron chi connectivity index (χ2n) is 9.80. The molecule has 5 rings (SSSR count). The standard InChI is InChI=1S/C29H35N7O2/c1-21(37)31-13-14-32-27-19-36(20-28-25(27)17-26(34-28)23-5-3-2-4-6-23)29(38)35-15-9-24(10-16-35)33-18-22-7-11-30-12-8-22/h2-8,11-12,17,19,24,32-34H,9-10,13-16,18,20H2,1H3,(H,31,37). The summed E-state index contributed by atoms with van der Waals surface area (Å²) < 4.78 is 0. The smallest absolute Gasteiger partial charge is 0.324 e. The maximum absolute atomic E-state index is 13.6. The van der Waals surface area contributed by atoms with Gasteiger partial charge in [0, 0.05) is 81.2 Å². The molecule has 1 aromatic carbocycles. The number of fused-ring (bicyclic) bond motifs is 1. The van der Waals surface area contributed by atoms with Crippen molar-refractivity contribution in [3.63, 3.8) is 0 Å². The quantitative estimate of drug-likeness (QED) is 0.346. The second kappa shape index (κ2) is 12.0. The summed E-state index contributed by atoms with van der Waals surface area (Å²) in [6.07, 6.45) is 7.37. The number of amides is 3. The highest BCUT2D eigenvalue weighted by atomic mass is 16.2. The summed E-state index contributed by atoms with van der Waals surface area (Å²) in [5.41, 5.74) is 6.24. The third-order valence-corrected chi connectivity index (χ3v) is 7.06. The fourth-order valence-electron chi connectivity index (χ4n) is 5.00. The number of nitrogens with one attached hydrogen (secondary N) is 4. The molecule has 3 amide bonds. The van der Waals surface area contributed by atoms with Gasteiger partial charge in [0.1, 0.15) is 0 Å². The van der Waals surface area contributed by atoms with E-state index in [1.54, 1.807) is 4.90 Å². The van der Waals surface area contributed by atoms with E-state index >= 15 is 0 Å². The van der Waals surface area contributed by atoms with Gasteiger partial charge in [-0.25, -0.2) is 4.79 Å². The van der Waals surface area contributed by atoms with Gasteiger partial charge < -0.3 is 25.8 Å². The number of likely N-dealkylation sites (tertiary alicyclic amines) is 1. The molecule has 9 heteroatoms. The van der Waals surface area contributed by atoms with Crippen molar-refractivity contribution in [1.82, 2.24) is 35.7 Å². The normalized spacial score (nSPS) is 15.6. The molecule has 0 saturated carbocycles. The van der Waals surface area contributed by atoms with Gasteiger partial charge in [-0.15, -0.1) is 0 Å². The largest absolute Gasteiger partial charge is 0.382 e. The van der Waals surface area contributed by atoms with Gasteiger partial charge in [0.25, 0.3) is 0 Å². The number of piperidine rings is 1. The molecule has 1 fully saturated rings. The van der Waals surface area contributed by atoms with Crippen LogP contribution in [0.5, 0.6) is 0 Å². The van der Waals surface area contributed by atoms with Crippen molar-refractivity contribution in [2.45, 2.75) is 38.9 Å². The lowest BCUT2D eigenvalue weighted by molar-refractivity contribution is -0.118. The molecule has 0 aliphatic carbocycles. The molecule has 2 aliphatic heterocycles. The first kappa shape index (κ1) is 25.5. The number of benzene rings is 1. The third kappa shape index (κ3) is 6.23. The van der Waals surface area contributed by atoms with Crippen molar-refractivity contribution in [3.8, 4) is 11.3 Å². The van der Waals surface area contributed by atoms with Crippen molar-refractivity contribution in [2.75, 3.05) is 26.2 Å². The fraction of sp³-hybridized carbons (Fsp3) is 0.345. The zero-order chi connectivity index (χ0) is 26.3. The van der Waals surface area contributed by atoms with Crippen molar-refractivity contribution >= 4 is 17.6 Å². The Balaban J connectivity index is 1.24. The van der Waals surface area contributed by atoms with Gasteiger partial charge in [0.2, 0.25) is 5.91 Å². The number of H-pyrrole nitrogens is 1. The van der Waals surface area contributed by atoms with Gasteiger partial charge in [0.05, 0.1) is 12.2 Å².